The minimum atomic E-state index is -1.06. The van der Waals surface area contributed by atoms with Crippen molar-refractivity contribution in [2.45, 2.75) is 111 Å². The lowest BCUT2D eigenvalue weighted by Gasteiger charge is -2.61. The Balaban J connectivity index is 1.61. The van der Waals surface area contributed by atoms with E-state index in [9.17, 15) is 24.9 Å². The molecular formula is C31H50O5. The van der Waals surface area contributed by atoms with Crippen LogP contribution in [0.4, 0.5) is 0 Å². The summed E-state index contributed by atoms with van der Waals surface area (Å²) < 4.78 is 0. The number of hydrogen-bond acceptors (Lipinski definition) is 3. The number of fused-ring (bicyclic) bond motifs is 5. The molecule has 3 N–H and O–H groups in total. The number of carbonyl (C=O) groups is 2. The number of aliphatic hydroxyl groups is 1. The van der Waals surface area contributed by atoms with Gasteiger partial charge in [0.1, 0.15) is 0 Å². The van der Waals surface area contributed by atoms with Crippen LogP contribution in [-0.2, 0) is 9.59 Å². The van der Waals surface area contributed by atoms with E-state index in [0.717, 1.165) is 30.6 Å². The molecule has 0 aromatic carbocycles. The van der Waals surface area contributed by atoms with Gasteiger partial charge in [0.15, 0.2) is 0 Å². The number of carboxylic acid groups (broad SMARTS) is 2. The second kappa shape index (κ2) is 10.4. The van der Waals surface area contributed by atoms with E-state index in [2.05, 4.69) is 40.7 Å². The third-order valence-corrected chi connectivity index (χ3v) is 11.7. The minimum Gasteiger partial charge on any atom is -0.481 e. The van der Waals surface area contributed by atoms with Crippen LogP contribution >= 0.6 is 0 Å². The Bertz CT molecular complexity index is 863. The zero-order chi connectivity index (χ0) is 26.4. The Morgan fingerprint density at radius 2 is 1.75 bits per heavy atom. The minimum absolute atomic E-state index is 0.342. The van der Waals surface area contributed by atoms with Gasteiger partial charge in [0.2, 0.25) is 0 Å². The van der Waals surface area contributed by atoms with Crippen molar-refractivity contribution in [3.8, 4) is 0 Å². The molecule has 0 bridgehead atoms. The van der Waals surface area contributed by atoms with E-state index >= 15 is 0 Å². The second-order valence-corrected chi connectivity index (χ2v) is 13.9. The van der Waals surface area contributed by atoms with Crippen molar-refractivity contribution in [2.24, 2.45) is 58.2 Å². The monoisotopic (exact) mass is 502 g/mol. The van der Waals surface area contributed by atoms with Gasteiger partial charge in [-0.2, -0.15) is 0 Å². The van der Waals surface area contributed by atoms with Crippen molar-refractivity contribution in [3.63, 3.8) is 0 Å². The number of allylic oxidation sites excluding steroid dienone is 1. The van der Waals surface area contributed by atoms with E-state index in [-0.39, 0.29) is 17.8 Å². The van der Waals surface area contributed by atoms with Crippen molar-refractivity contribution < 1.29 is 24.9 Å². The number of aliphatic hydroxyl groups excluding tert-OH is 1. The molecule has 204 valence electrons. The highest BCUT2D eigenvalue weighted by atomic mass is 16.4. The summed E-state index contributed by atoms with van der Waals surface area (Å²) in [5.41, 5.74) is 1.20. The quantitative estimate of drug-likeness (QED) is 0.302. The summed E-state index contributed by atoms with van der Waals surface area (Å²) in [7, 11) is 0. The molecule has 10 atom stereocenters. The molecule has 5 nitrogen and oxygen atoms in total. The molecule has 0 aromatic rings. The molecule has 3 fully saturated rings. The Morgan fingerprint density at radius 3 is 2.39 bits per heavy atom. The summed E-state index contributed by atoms with van der Waals surface area (Å²) in [5.74, 6) is 0.421. The summed E-state index contributed by atoms with van der Waals surface area (Å²) in [6.45, 7) is 11.9. The molecule has 36 heavy (non-hydrogen) atoms. The maximum absolute atomic E-state index is 12.3. The molecule has 4 aliphatic carbocycles. The first-order valence-corrected chi connectivity index (χ1v) is 14.7. The van der Waals surface area contributed by atoms with Crippen molar-refractivity contribution >= 4 is 11.9 Å². The fourth-order valence-electron chi connectivity index (χ4n) is 9.99. The average Bonchev–Trinajstić information content (AvgIpc) is 3.14. The first-order valence-electron chi connectivity index (χ1n) is 14.7. The lowest BCUT2D eigenvalue weighted by molar-refractivity contribution is -0.157. The van der Waals surface area contributed by atoms with Crippen LogP contribution in [0.2, 0.25) is 0 Å². The van der Waals surface area contributed by atoms with Crippen molar-refractivity contribution in [2.75, 3.05) is 0 Å². The first-order chi connectivity index (χ1) is 16.9. The number of rotatable bonds is 9. The SMILES string of the molecule is CC(C)CCC[C@@H](C)[C@H]1CC[C@H]2[C@@H]3CC=C4C[C@@H](O)CC(C(CC(=O)O)C(=O)O)[C@@]4(C)[C@H]3CC[C@]12C. The summed E-state index contributed by atoms with van der Waals surface area (Å²) in [4.78, 5) is 24.0. The highest BCUT2D eigenvalue weighted by Crippen LogP contribution is 2.69. The van der Waals surface area contributed by atoms with Crippen LogP contribution in [0.15, 0.2) is 11.6 Å². The maximum Gasteiger partial charge on any atom is 0.307 e. The Kier molecular flexibility index (Phi) is 8.01. The summed E-state index contributed by atoms with van der Waals surface area (Å²) in [6.07, 6.45) is 12.2. The Morgan fingerprint density at radius 1 is 1.03 bits per heavy atom. The van der Waals surface area contributed by atoms with Crippen LogP contribution in [0.5, 0.6) is 0 Å². The maximum atomic E-state index is 12.3. The van der Waals surface area contributed by atoms with Gasteiger partial charge in [-0.1, -0.05) is 65.5 Å². The molecule has 2 unspecified atom stereocenters. The zero-order valence-electron chi connectivity index (χ0n) is 23.2. The Hall–Kier alpha value is -1.36. The third kappa shape index (κ3) is 4.78. The van der Waals surface area contributed by atoms with Gasteiger partial charge < -0.3 is 15.3 Å². The van der Waals surface area contributed by atoms with Gasteiger partial charge in [0.05, 0.1) is 18.4 Å². The van der Waals surface area contributed by atoms with Crippen molar-refractivity contribution in [1.29, 1.82) is 0 Å². The number of aliphatic carboxylic acids is 2. The topological polar surface area (TPSA) is 94.8 Å². The number of carboxylic acids is 2. The van der Waals surface area contributed by atoms with Crippen LogP contribution in [-0.4, -0.2) is 33.4 Å². The van der Waals surface area contributed by atoms with Crippen LogP contribution < -0.4 is 0 Å². The molecule has 0 aromatic heterocycles. The molecule has 0 aliphatic heterocycles. The first kappa shape index (κ1) is 27.7. The lowest BCUT2D eigenvalue weighted by Crippen LogP contribution is -2.56. The third-order valence-electron chi connectivity index (χ3n) is 11.7. The predicted octanol–water partition coefficient (Wildman–Crippen LogP) is 6.79. The van der Waals surface area contributed by atoms with E-state index in [1.54, 1.807) is 0 Å². The molecule has 0 amide bonds. The van der Waals surface area contributed by atoms with Crippen molar-refractivity contribution in [1.82, 2.24) is 0 Å². The van der Waals surface area contributed by atoms with Crippen LogP contribution in [0.25, 0.3) is 0 Å². The second-order valence-electron chi connectivity index (χ2n) is 13.9. The molecule has 0 spiro atoms. The van der Waals surface area contributed by atoms with Crippen LogP contribution in [0, 0.1) is 58.2 Å². The lowest BCUT2D eigenvalue weighted by atomic mass is 9.43. The molecule has 4 rings (SSSR count). The molecule has 0 saturated heterocycles. The predicted molar refractivity (Wildman–Crippen MR) is 141 cm³/mol. The van der Waals surface area contributed by atoms with Gasteiger partial charge in [0, 0.05) is 0 Å². The van der Waals surface area contributed by atoms with Gasteiger partial charge in [-0.25, -0.2) is 0 Å². The summed E-state index contributed by atoms with van der Waals surface area (Å²) >= 11 is 0. The van der Waals surface area contributed by atoms with E-state index in [4.69, 9.17) is 0 Å². The van der Waals surface area contributed by atoms with Crippen LogP contribution in [0.1, 0.15) is 105 Å². The highest BCUT2D eigenvalue weighted by Gasteiger charge is 2.62. The summed E-state index contributed by atoms with van der Waals surface area (Å²) in [5, 5.41) is 30.3. The van der Waals surface area contributed by atoms with E-state index < -0.39 is 24.0 Å². The number of hydrogen-bond donors (Lipinski definition) is 3. The van der Waals surface area contributed by atoms with Crippen molar-refractivity contribution in [3.05, 3.63) is 11.6 Å². The van der Waals surface area contributed by atoms with E-state index in [0.29, 0.717) is 36.0 Å². The van der Waals surface area contributed by atoms with Crippen LogP contribution in [0.3, 0.4) is 0 Å². The van der Waals surface area contributed by atoms with Gasteiger partial charge in [-0.05, 0) is 97.2 Å². The normalized spacial score (nSPS) is 41.6. The zero-order valence-corrected chi connectivity index (χ0v) is 23.2. The van der Waals surface area contributed by atoms with Gasteiger partial charge in [-0.15, -0.1) is 0 Å². The highest BCUT2D eigenvalue weighted by molar-refractivity contribution is 5.78. The molecule has 0 heterocycles. The van der Waals surface area contributed by atoms with E-state index in [1.165, 1.54) is 44.1 Å². The van der Waals surface area contributed by atoms with Gasteiger partial charge >= 0.3 is 11.9 Å². The fourth-order valence-corrected chi connectivity index (χ4v) is 9.99. The summed E-state index contributed by atoms with van der Waals surface area (Å²) in [6, 6.07) is 0. The van der Waals surface area contributed by atoms with Gasteiger partial charge in [0.25, 0.3) is 0 Å². The molecular weight excluding hydrogens is 452 g/mol. The molecule has 4 aliphatic rings. The largest absolute Gasteiger partial charge is 0.481 e. The molecule has 3 saturated carbocycles. The van der Waals surface area contributed by atoms with E-state index in [1.807, 2.05) is 0 Å². The Labute approximate surface area is 218 Å². The van der Waals surface area contributed by atoms with Gasteiger partial charge in [-0.3, -0.25) is 9.59 Å². The molecule has 0 radical (unpaired) electrons. The average molecular weight is 503 g/mol. The standard InChI is InChI=1S/C31H50O5/c1-18(2)7-6-8-19(3)24-11-12-25-22-10-9-20-15-21(32)16-27(23(29(35)36)17-28(33)34)31(20,5)26(22)13-14-30(24,25)4/h9,18-19,21-27,32H,6-8,10-17H2,1-5H3,(H,33,34)(H,35,36)/t19-,21-,22+,23?,24-,25+,26+,27?,30-,31-/m1/s1. The molecule has 5 heteroatoms. The fraction of sp³-hybridized carbons (Fsp3) is 0.871. The smallest absolute Gasteiger partial charge is 0.307 e.